The molecule has 13 heteroatoms. The molecule has 4 aromatic carbocycles. The van der Waals surface area contributed by atoms with E-state index >= 15 is 0 Å². The van der Waals surface area contributed by atoms with Crippen molar-refractivity contribution in [3.05, 3.63) is 211 Å². The van der Waals surface area contributed by atoms with E-state index < -0.39 is 0 Å². The largest absolute Gasteiger partial charge is 0.312 e. The van der Waals surface area contributed by atoms with Crippen molar-refractivity contribution in [2.24, 2.45) is 14.1 Å². The molecule has 10 rings (SSSR count). The van der Waals surface area contributed by atoms with Gasteiger partial charge in [-0.2, -0.15) is 10.2 Å². The fourth-order valence-electron chi connectivity index (χ4n) is 10.2. The Hall–Kier alpha value is -7.64. The molecule has 0 atom stereocenters. The second-order valence-corrected chi connectivity index (χ2v) is 19.9. The van der Waals surface area contributed by atoms with Crippen molar-refractivity contribution in [3.8, 4) is 22.5 Å². The van der Waals surface area contributed by atoms with Gasteiger partial charge in [0.05, 0.1) is 49.3 Å². The molecule has 2 aliphatic rings. The van der Waals surface area contributed by atoms with E-state index in [1.165, 1.54) is 57.3 Å². The summed E-state index contributed by atoms with van der Waals surface area (Å²) in [6, 6.07) is 33.6. The van der Waals surface area contributed by atoms with Gasteiger partial charge in [-0.1, -0.05) is 97.1 Å². The molecule has 8 aromatic rings. The summed E-state index contributed by atoms with van der Waals surface area (Å²) in [6.45, 7) is 1.98. The molecule has 0 unspecified atom stereocenters. The normalized spacial score (nSPS) is 12.9. The van der Waals surface area contributed by atoms with Gasteiger partial charge in [0.25, 0.3) is 11.1 Å². The molecule has 1 N–H and O–H groups in total. The van der Waals surface area contributed by atoms with Gasteiger partial charge in [0.15, 0.2) is 11.6 Å². The molecular formula is C61H67N9O4. The Balaban J connectivity index is 0.000000182. The lowest BCUT2D eigenvalue weighted by Gasteiger charge is -2.18. The highest BCUT2D eigenvalue weighted by Gasteiger charge is 2.19. The number of aryl methyl sites for hydroxylation is 10. The van der Waals surface area contributed by atoms with E-state index in [9.17, 15) is 19.2 Å². The smallest absolute Gasteiger partial charge is 0.273 e. The Labute approximate surface area is 433 Å². The number of ketones is 2. The molecule has 0 fully saturated rings. The average molecular weight is 990 g/mol. The Morgan fingerprint density at radius 3 is 1.47 bits per heavy atom. The minimum Gasteiger partial charge on any atom is -0.312 e. The predicted molar refractivity (Wildman–Crippen MR) is 290 cm³/mol. The maximum absolute atomic E-state index is 13.5. The summed E-state index contributed by atoms with van der Waals surface area (Å²) in [5, 5.41) is 11.9. The summed E-state index contributed by atoms with van der Waals surface area (Å²) < 4.78 is 6.56. The maximum atomic E-state index is 13.5. The molecule has 0 radical (unpaired) electrons. The van der Waals surface area contributed by atoms with E-state index in [1.807, 2.05) is 62.9 Å². The highest BCUT2D eigenvalue weighted by Crippen LogP contribution is 2.24. The fraction of sp³-hybridized carbons (Fsp3) is 0.344. The first-order valence-corrected chi connectivity index (χ1v) is 26.3. The molecule has 380 valence electrons. The molecule has 0 saturated heterocycles. The highest BCUT2D eigenvalue weighted by atomic mass is 16.2. The van der Waals surface area contributed by atoms with E-state index in [-0.39, 0.29) is 35.8 Å². The minimum atomic E-state index is -0.191. The van der Waals surface area contributed by atoms with Crippen LogP contribution in [0.4, 0.5) is 0 Å². The Morgan fingerprint density at radius 2 is 0.986 bits per heavy atom. The van der Waals surface area contributed by atoms with Crippen LogP contribution in [0, 0.1) is 0 Å². The van der Waals surface area contributed by atoms with Gasteiger partial charge in [-0.05, 0) is 135 Å². The summed E-state index contributed by atoms with van der Waals surface area (Å²) in [5.41, 5.74) is 13.9. The van der Waals surface area contributed by atoms with E-state index in [1.54, 1.807) is 43.3 Å². The van der Waals surface area contributed by atoms with E-state index in [0.717, 1.165) is 69.2 Å². The topological polar surface area (TPSA) is 152 Å². The first-order valence-electron chi connectivity index (χ1n) is 26.3. The zero-order valence-corrected chi connectivity index (χ0v) is 42.8. The van der Waals surface area contributed by atoms with Crippen LogP contribution in [0.15, 0.2) is 144 Å². The molecule has 0 spiro atoms. The van der Waals surface area contributed by atoms with Crippen molar-refractivity contribution in [3.63, 3.8) is 0 Å². The molecule has 1 aliphatic heterocycles. The van der Waals surface area contributed by atoms with Crippen LogP contribution in [-0.4, -0.2) is 56.8 Å². The third kappa shape index (κ3) is 13.5. The summed E-state index contributed by atoms with van der Waals surface area (Å²) in [7, 11) is 3.66. The fourth-order valence-corrected chi connectivity index (χ4v) is 10.2. The predicted octanol–water partition coefficient (Wildman–Crippen LogP) is 8.57. The molecule has 74 heavy (non-hydrogen) atoms. The van der Waals surface area contributed by atoms with Crippen LogP contribution in [0.5, 0.6) is 0 Å². The lowest BCUT2D eigenvalue weighted by molar-refractivity contribution is -0.120. The second kappa shape index (κ2) is 24.9. The highest BCUT2D eigenvalue weighted by molar-refractivity contribution is 5.80. The SMILES string of the molecule is Cn1cc(-c2cnc(CCCc3ccccc3)c(=O)n2CC(=O)CCc2ccc3c(c2)CCCC3)cn1.Cn1cc(-c2cnc(CCCc3ccccc3)c(=O)n2CC(=O)CCc2ccc3c(c2)CCNC3)cn1. The van der Waals surface area contributed by atoms with Crippen LogP contribution < -0.4 is 16.4 Å². The number of hydrogen-bond acceptors (Lipinski definition) is 9. The number of benzene rings is 4. The average Bonchev–Trinajstić information content (AvgIpc) is 4.07. The lowest BCUT2D eigenvalue weighted by Crippen LogP contribution is -2.29. The zero-order chi connectivity index (χ0) is 51.2. The Morgan fingerprint density at radius 1 is 0.514 bits per heavy atom. The van der Waals surface area contributed by atoms with Crippen LogP contribution >= 0.6 is 0 Å². The Bertz CT molecular complexity index is 3090. The van der Waals surface area contributed by atoms with Crippen LogP contribution in [0.25, 0.3) is 22.5 Å². The van der Waals surface area contributed by atoms with Crippen LogP contribution in [0.1, 0.15) is 94.4 Å². The van der Waals surface area contributed by atoms with Gasteiger partial charge in [-0.15, -0.1) is 0 Å². The maximum Gasteiger partial charge on any atom is 0.273 e. The standard InChI is InChI=1S/C31H34N4O2.C30H33N5O2/c1-34-21-27(19-33-34)30-20-32-29(13-7-10-23-8-3-2-4-9-23)31(37)35(30)22-28(36)17-15-24-14-16-25-11-5-6-12-26(25)18-24;1-34-20-26(18-33-34)29-19-32-28(9-5-8-22-6-3-2-4-7-22)30(37)35(29)21-27(36)13-11-23-10-12-25-17-31-15-14-24(25)16-23/h2-4,8-9,14,16,18-21H,5-7,10-13,15,17,22H2,1H3;2-4,6-7,10,12,16,18-20,31H,5,8-9,11,13-15,17,21H2,1H3. The Kier molecular flexibility index (Phi) is 17.2. The monoisotopic (exact) mass is 990 g/mol. The molecule has 0 saturated carbocycles. The quantitative estimate of drug-likeness (QED) is 0.0792. The number of hydrogen-bond donors (Lipinski definition) is 1. The van der Waals surface area contributed by atoms with Crippen molar-refractivity contribution in [2.75, 3.05) is 6.54 Å². The van der Waals surface area contributed by atoms with Crippen molar-refractivity contribution in [1.82, 2.24) is 44.0 Å². The number of nitrogens with one attached hydrogen (secondary N) is 1. The number of carbonyl (C=O) groups is 2. The third-order valence-electron chi connectivity index (χ3n) is 14.3. The molecule has 4 aromatic heterocycles. The molecule has 13 nitrogen and oxygen atoms in total. The summed E-state index contributed by atoms with van der Waals surface area (Å²) in [6.07, 6.45) is 23.0. The lowest BCUT2D eigenvalue weighted by atomic mass is 9.89. The molecular weight excluding hydrogens is 923 g/mol. The summed E-state index contributed by atoms with van der Waals surface area (Å²) in [4.78, 5) is 62.3. The number of rotatable bonds is 20. The van der Waals surface area contributed by atoms with Crippen molar-refractivity contribution in [1.29, 1.82) is 0 Å². The van der Waals surface area contributed by atoms with Crippen molar-refractivity contribution >= 4 is 11.6 Å². The summed E-state index contributed by atoms with van der Waals surface area (Å²) >= 11 is 0. The van der Waals surface area contributed by atoms with Crippen LogP contribution in [0.3, 0.4) is 0 Å². The molecule has 5 heterocycles. The third-order valence-corrected chi connectivity index (χ3v) is 14.3. The molecule has 1 aliphatic carbocycles. The van der Waals surface area contributed by atoms with E-state index in [4.69, 9.17) is 0 Å². The van der Waals surface area contributed by atoms with Gasteiger partial charge in [-0.25, -0.2) is 0 Å². The van der Waals surface area contributed by atoms with Crippen LogP contribution in [-0.2, 0) is 101 Å². The number of fused-ring (bicyclic) bond motifs is 2. The minimum absolute atomic E-state index is 0.0339. The first-order chi connectivity index (χ1) is 36.1. The number of aromatic nitrogens is 8. The van der Waals surface area contributed by atoms with E-state index in [2.05, 4.69) is 86.1 Å². The first kappa shape index (κ1) is 51.3. The number of carbonyl (C=O) groups excluding carboxylic acids is 2. The van der Waals surface area contributed by atoms with Gasteiger partial charge in [0.2, 0.25) is 0 Å². The van der Waals surface area contributed by atoms with Gasteiger partial charge in [0, 0.05) is 57.0 Å². The summed E-state index contributed by atoms with van der Waals surface area (Å²) in [5.74, 6) is 0.0828. The van der Waals surface area contributed by atoms with E-state index in [0.29, 0.717) is 61.3 Å². The molecule has 0 bridgehead atoms. The van der Waals surface area contributed by atoms with Crippen molar-refractivity contribution < 1.29 is 9.59 Å². The van der Waals surface area contributed by atoms with Gasteiger partial charge in [-0.3, -0.25) is 47.6 Å². The van der Waals surface area contributed by atoms with Crippen molar-refractivity contribution in [2.45, 2.75) is 116 Å². The van der Waals surface area contributed by atoms with Gasteiger partial charge < -0.3 is 5.32 Å². The number of Topliss-reactive ketones (excluding diaryl/α,β-unsaturated/α-hetero) is 2. The zero-order valence-electron chi connectivity index (χ0n) is 42.8. The molecule has 0 amide bonds. The van der Waals surface area contributed by atoms with Gasteiger partial charge in [0.1, 0.15) is 11.4 Å². The second-order valence-electron chi connectivity index (χ2n) is 19.9. The number of nitrogens with zero attached hydrogens (tertiary/aromatic N) is 8. The van der Waals surface area contributed by atoms with Crippen LogP contribution in [0.2, 0.25) is 0 Å². The van der Waals surface area contributed by atoms with Gasteiger partial charge >= 0.3 is 0 Å².